The predicted octanol–water partition coefficient (Wildman–Crippen LogP) is 4.44. The van der Waals surface area contributed by atoms with E-state index in [1.54, 1.807) is 24.3 Å². The van der Waals surface area contributed by atoms with Crippen LogP contribution in [0.25, 0.3) is 0 Å². The van der Waals surface area contributed by atoms with Gasteiger partial charge in [-0.1, -0.05) is 29.8 Å². The number of methoxy groups -OCH3 is 1. The summed E-state index contributed by atoms with van der Waals surface area (Å²) in [5.41, 5.74) is 1.99. The number of carbonyl (C=O) groups excluding carboxylic acids is 4. The quantitative estimate of drug-likeness (QED) is 0.309. The molecule has 8 nitrogen and oxygen atoms in total. The van der Waals surface area contributed by atoms with Gasteiger partial charge in [-0.05, 0) is 67.1 Å². The van der Waals surface area contributed by atoms with Crippen molar-refractivity contribution in [3.05, 3.63) is 100 Å². The van der Waals surface area contributed by atoms with E-state index < -0.39 is 23.8 Å². The number of carbonyl (C=O) groups is 4. The molecule has 0 aromatic heterocycles. The van der Waals surface area contributed by atoms with Crippen LogP contribution < -0.4 is 15.0 Å². The summed E-state index contributed by atoms with van der Waals surface area (Å²) in [6.07, 6.45) is 0. The lowest BCUT2D eigenvalue weighted by atomic mass is 10.2. The van der Waals surface area contributed by atoms with E-state index in [1.807, 2.05) is 19.1 Å². The van der Waals surface area contributed by atoms with Crippen molar-refractivity contribution < 1.29 is 28.7 Å². The molecule has 176 valence electrons. The van der Waals surface area contributed by atoms with Gasteiger partial charge in [0, 0.05) is 5.69 Å². The number of hydrogen-bond acceptors (Lipinski definition) is 7. The Balaban J connectivity index is 1.47. The zero-order valence-corrected chi connectivity index (χ0v) is 19.5. The highest BCUT2D eigenvalue weighted by atomic mass is 35.5. The van der Waals surface area contributed by atoms with Crippen LogP contribution in [0.1, 0.15) is 26.3 Å². The van der Waals surface area contributed by atoms with Crippen molar-refractivity contribution in [3.63, 3.8) is 0 Å². The topological polar surface area (TPSA) is 102 Å². The third kappa shape index (κ3) is 4.78. The standard InChI is InChI=1S/C26H19ClN2O6/c1-15-5-3-4-6-20(15)35-26(33)17-7-11-18(12-8-17)28-22-21(27)23(30)29(24(22)31)19-13-9-16(10-14-19)25(32)34-2/h3-14,28H,1-2H3. The van der Waals surface area contributed by atoms with Crippen molar-refractivity contribution in [3.8, 4) is 5.75 Å². The molecular formula is C26H19ClN2O6. The Hall–Kier alpha value is -4.43. The summed E-state index contributed by atoms with van der Waals surface area (Å²) >= 11 is 6.17. The van der Waals surface area contributed by atoms with Crippen molar-refractivity contribution in [1.29, 1.82) is 0 Å². The van der Waals surface area contributed by atoms with Gasteiger partial charge in [0.25, 0.3) is 11.8 Å². The first-order valence-electron chi connectivity index (χ1n) is 10.4. The first kappa shape index (κ1) is 23.7. The van der Waals surface area contributed by atoms with Crippen LogP contribution in [0, 0.1) is 6.92 Å². The van der Waals surface area contributed by atoms with Crippen molar-refractivity contribution in [1.82, 2.24) is 0 Å². The maximum Gasteiger partial charge on any atom is 0.343 e. The number of nitrogens with one attached hydrogen (secondary N) is 1. The second-order valence-electron chi connectivity index (χ2n) is 7.53. The molecule has 4 rings (SSSR count). The van der Waals surface area contributed by atoms with Gasteiger partial charge in [-0.3, -0.25) is 9.59 Å². The molecule has 3 aromatic carbocycles. The van der Waals surface area contributed by atoms with Gasteiger partial charge < -0.3 is 14.8 Å². The van der Waals surface area contributed by atoms with Gasteiger partial charge in [0.1, 0.15) is 16.5 Å². The number of nitrogens with zero attached hydrogens (tertiary/aromatic N) is 1. The SMILES string of the molecule is COC(=O)c1ccc(N2C(=O)C(Cl)=C(Nc3ccc(C(=O)Oc4ccccc4C)cc3)C2=O)cc1. The highest BCUT2D eigenvalue weighted by molar-refractivity contribution is 6.53. The summed E-state index contributed by atoms with van der Waals surface area (Å²) in [7, 11) is 1.26. The molecular weight excluding hydrogens is 472 g/mol. The summed E-state index contributed by atoms with van der Waals surface area (Å²) in [6, 6.07) is 19.1. The minimum atomic E-state index is -0.705. The monoisotopic (exact) mass is 490 g/mol. The average Bonchev–Trinajstić information content (AvgIpc) is 3.08. The van der Waals surface area contributed by atoms with Gasteiger partial charge in [-0.2, -0.15) is 0 Å². The van der Waals surface area contributed by atoms with Gasteiger partial charge in [-0.25, -0.2) is 14.5 Å². The van der Waals surface area contributed by atoms with E-state index in [4.69, 9.17) is 16.3 Å². The molecule has 1 aliphatic rings. The molecule has 0 atom stereocenters. The minimum Gasteiger partial charge on any atom is -0.465 e. The number of esters is 2. The molecule has 2 amide bonds. The summed E-state index contributed by atoms with van der Waals surface area (Å²) in [6.45, 7) is 1.84. The lowest BCUT2D eigenvalue weighted by Gasteiger charge is -2.15. The molecule has 1 heterocycles. The number of aryl methyl sites for hydroxylation is 1. The lowest BCUT2D eigenvalue weighted by molar-refractivity contribution is -0.120. The van der Waals surface area contributed by atoms with E-state index in [-0.39, 0.29) is 22.0 Å². The number of hydrogen-bond donors (Lipinski definition) is 1. The normalized spacial score (nSPS) is 13.2. The summed E-state index contributed by atoms with van der Waals surface area (Å²) in [5, 5.41) is 2.56. The Morgan fingerprint density at radius 3 is 2.06 bits per heavy atom. The third-order valence-electron chi connectivity index (χ3n) is 5.26. The first-order chi connectivity index (χ1) is 16.8. The van der Waals surface area contributed by atoms with Crippen LogP contribution >= 0.6 is 11.6 Å². The average molecular weight is 491 g/mol. The fraction of sp³-hybridized carbons (Fsp3) is 0.0769. The van der Waals surface area contributed by atoms with E-state index in [1.165, 1.54) is 43.5 Å². The molecule has 0 saturated heterocycles. The van der Waals surface area contributed by atoms with Gasteiger partial charge in [0.05, 0.1) is 23.9 Å². The number of halogens is 1. The lowest BCUT2D eigenvalue weighted by Crippen LogP contribution is -2.32. The number of para-hydroxylation sites is 1. The molecule has 0 unspecified atom stereocenters. The van der Waals surface area contributed by atoms with Crippen molar-refractivity contribution in [2.24, 2.45) is 0 Å². The second-order valence-corrected chi connectivity index (χ2v) is 7.91. The van der Waals surface area contributed by atoms with Crippen LogP contribution in [-0.2, 0) is 14.3 Å². The summed E-state index contributed by atoms with van der Waals surface area (Å²) < 4.78 is 10.1. The van der Waals surface area contributed by atoms with Crippen molar-refractivity contribution in [2.45, 2.75) is 6.92 Å². The zero-order valence-electron chi connectivity index (χ0n) is 18.7. The largest absolute Gasteiger partial charge is 0.465 e. The van der Waals surface area contributed by atoms with Gasteiger partial charge in [0.2, 0.25) is 0 Å². The molecule has 35 heavy (non-hydrogen) atoms. The van der Waals surface area contributed by atoms with Gasteiger partial charge in [-0.15, -0.1) is 0 Å². The Kier molecular flexibility index (Phi) is 6.66. The van der Waals surface area contributed by atoms with Crippen LogP contribution in [0.4, 0.5) is 11.4 Å². The van der Waals surface area contributed by atoms with Crippen LogP contribution in [0.15, 0.2) is 83.5 Å². The van der Waals surface area contributed by atoms with Crippen LogP contribution in [0.5, 0.6) is 5.75 Å². The summed E-state index contributed by atoms with van der Waals surface area (Å²) in [4.78, 5) is 50.6. The molecule has 9 heteroatoms. The van der Waals surface area contributed by atoms with E-state index in [0.717, 1.165) is 10.5 Å². The number of ether oxygens (including phenoxy) is 2. The van der Waals surface area contributed by atoms with Crippen LogP contribution in [-0.4, -0.2) is 30.9 Å². The second kappa shape index (κ2) is 9.82. The number of imide groups is 1. The molecule has 0 radical (unpaired) electrons. The highest BCUT2D eigenvalue weighted by Crippen LogP contribution is 2.30. The number of amides is 2. The van der Waals surface area contributed by atoms with E-state index in [2.05, 4.69) is 10.1 Å². The van der Waals surface area contributed by atoms with E-state index >= 15 is 0 Å². The Labute approximate surface area is 205 Å². The van der Waals surface area contributed by atoms with Crippen molar-refractivity contribution >= 4 is 46.7 Å². The number of anilines is 2. The molecule has 3 aromatic rings. The van der Waals surface area contributed by atoms with Gasteiger partial charge in [0.15, 0.2) is 0 Å². The number of benzene rings is 3. The fourth-order valence-electron chi connectivity index (χ4n) is 3.37. The Bertz CT molecular complexity index is 1360. The molecule has 0 bridgehead atoms. The molecule has 1 aliphatic heterocycles. The molecule has 1 N–H and O–H groups in total. The fourth-order valence-corrected chi connectivity index (χ4v) is 3.59. The molecule has 0 aliphatic carbocycles. The third-order valence-corrected chi connectivity index (χ3v) is 5.61. The van der Waals surface area contributed by atoms with Crippen LogP contribution in [0.3, 0.4) is 0 Å². The molecule has 0 fully saturated rings. The zero-order chi connectivity index (χ0) is 25.1. The highest BCUT2D eigenvalue weighted by Gasteiger charge is 2.39. The first-order valence-corrected chi connectivity index (χ1v) is 10.8. The van der Waals surface area contributed by atoms with Crippen molar-refractivity contribution in [2.75, 3.05) is 17.3 Å². The van der Waals surface area contributed by atoms with Gasteiger partial charge >= 0.3 is 11.9 Å². The molecule has 0 saturated carbocycles. The van der Waals surface area contributed by atoms with E-state index in [9.17, 15) is 19.2 Å². The van der Waals surface area contributed by atoms with Crippen LogP contribution in [0.2, 0.25) is 0 Å². The minimum absolute atomic E-state index is 0.107. The Morgan fingerprint density at radius 2 is 1.43 bits per heavy atom. The van der Waals surface area contributed by atoms with E-state index in [0.29, 0.717) is 17.0 Å². The number of rotatable bonds is 6. The molecule has 0 spiro atoms. The smallest absolute Gasteiger partial charge is 0.343 e. The predicted molar refractivity (Wildman–Crippen MR) is 129 cm³/mol. The summed E-state index contributed by atoms with van der Waals surface area (Å²) in [5.74, 6) is -1.97. The Morgan fingerprint density at radius 1 is 0.829 bits per heavy atom. The maximum absolute atomic E-state index is 13.0. The maximum atomic E-state index is 13.0.